The number of hydrogen-bond acceptors (Lipinski definition) is 5. The van der Waals surface area contributed by atoms with E-state index in [-0.39, 0.29) is 11.9 Å². The zero-order valence-corrected chi connectivity index (χ0v) is 15.1. The van der Waals surface area contributed by atoms with Crippen LogP contribution in [0.1, 0.15) is 29.1 Å². The average molecular weight is 343 g/mol. The molecule has 134 valence electrons. The highest BCUT2D eigenvalue weighted by atomic mass is 16.5. The van der Waals surface area contributed by atoms with Crippen molar-refractivity contribution < 1.29 is 9.53 Å². The zero-order valence-electron chi connectivity index (χ0n) is 15.1. The Labute approximate surface area is 148 Å². The van der Waals surface area contributed by atoms with E-state index in [0.29, 0.717) is 26.2 Å². The average Bonchev–Trinajstić information content (AvgIpc) is 2.87. The van der Waals surface area contributed by atoms with Crippen LogP contribution < -0.4 is 0 Å². The number of nitrogens with zero attached hydrogens (tertiary/aromatic N) is 5. The topological polar surface area (TPSA) is 73.1 Å². The van der Waals surface area contributed by atoms with Crippen molar-refractivity contribution in [2.24, 2.45) is 7.05 Å². The summed E-state index contributed by atoms with van der Waals surface area (Å²) >= 11 is 0. The molecule has 1 amide bonds. The van der Waals surface area contributed by atoms with Crippen LogP contribution in [-0.2, 0) is 29.4 Å². The Morgan fingerprint density at radius 3 is 2.88 bits per heavy atom. The fourth-order valence-electron chi connectivity index (χ4n) is 3.32. The van der Waals surface area contributed by atoms with E-state index < -0.39 is 0 Å². The lowest BCUT2D eigenvalue weighted by atomic mass is 10.0. The molecule has 2 aromatic heterocycles. The van der Waals surface area contributed by atoms with Gasteiger partial charge in [0.05, 0.1) is 37.1 Å². The highest BCUT2D eigenvalue weighted by Gasteiger charge is 2.28. The molecule has 3 heterocycles. The van der Waals surface area contributed by atoms with Gasteiger partial charge in [0.1, 0.15) is 0 Å². The summed E-state index contributed by atoms with van der Waals surface area (Å²) in [6.45, 7) is 5.78. The van der Waals surface area contributed by atoms with Crippen molar-refractivity contribution >= 4 is 5.91 Å². The van der Waals surface area contributed by atoms with E-state index in [0.717, 1.165) is 35.5 Å². The Morgan fingerprint density at radius 2 is 2.20 bits per heavy atom. The predicted molar refractivity (Wildman–Crippen MR) is 93.1 cm³/mol. The Morgan fingerprint density at radius 1 is 1.36 bits per heavy atom. The molecule has 25 heavy (non-hydrogen) atoms. The largest absolute Gasteiger partial charge is 0.377 e. The number of morpholine rings is 1. The van der Waals surface area contributed by atoms with Gasteiger partial charge in [0.25, 0.3) is 0 Å². The van der Waals surface area contributed by atoms with Crippen LogP contribution in [-0.4, -0.2) is 56.4 Å². The molecule has 1 fully saturated rings. The van der Waals surface area contributed by atoms with Crippen molar-refractivity contribution in [2.45, 2.75) is 39.2 Å². The van der Waals surface area contributed by atoms with E-state index in [2.05, 4.69) is 15.1 Å². The summed E-state index contributed by atoms with van der Waals surface area (Å²) in [7, 11) is 1.91. The van der Waals surface area contributed by atoms with Crippen molar-refractivity contribution in [2.75, 3.05) is 19.8 Å². The van der Waals surface area contributed by atoms with Crippen LogP contribution in [0.4, 0.5) is 0 Å². The van der Waals surface area contributed by atoms with Crippen LogP contribution in [0.5, 0.6) is 0 Å². The lowest BCUT2D eigenvalue weighted by molar-refractivity contribution is -0.139. The maximum absolute atomic E-state index is 12.9. The molecular formula is C18H25N5O2. The molecule has 0 aliphatic carbocycles. The predicted octanol–water partition coefficient (Wildman–Crippen LogP) is 1.23. The van der Waals surface area contributed by atoms with Crippen LogP contribution in [0, 0.1) is 13.8 Å². The lowest BCUT2D eigenvalue weighted by Gasteiger charge is -2.36. The van der Waals surface area contributed by atoms with Crippen molar-refractivity contribution in [3.05, 3.63) is 41.2 Å². The Kier molecular flexibility index (Phi) is 5.43. The summed E-state index contributed by atoms with van der Waals surface area (Å²) in [5.74, 6) is 0.145. The first-order chi connectivity index (χ1) is 12.1. The van der Waals surface area contributed by atoms with Gasteiger partial charge in [0, 0.05) is 43.4 Å². The molecule has 7 heteroatoms. The molecule has 0 unspecified atom stereocenters. The zero-order chi connectivity index (χ0) is 17.8. The number of carbonyl (C=O) groups excluding carboxylic acids is 1. The van der Waals surface area contributed by atoms with Crippen LogP contribution in [0.3, 0.4) is 0 Å². The molecule has 0 saturated carbocycles. The van der Waals surface area contributed by atoms with E-state index in [1.165, 1.54) is 0 Å². The number of carbonyl (C=O) groups is 1. The first-order valence-electron chi connectivity index (χ1n) is 8.67. The lowest BCUT2D eigenvalue weighted by Crippen LogP contribution is -2.49. The van der Waals surface area contributed by atoms with Crippen molar-refractivity contribution in [1.29, 1.82) is 0 Å². The van der Waals surface area contributed by atoms with E-state index in [9.17, 15) is 4.79 Å². The van der Waals surface area contributed by atoms with Gasteiger partial charge in [0.15, 0.2) is 0 Å². The molecule has 0 bridgehead atoms. The molecule has 1 saturated heterocycles. The van der Waals surface area contributed by atoms with Gasteiger partial charge < -0.3 is 9.64 Å². The summed E-state index contributed by atoms with van der Waals surface area (Å²) < 4.78 is 7.44. The van der Waals surface area contributed by atoms with Crippen LogP contribution in [0.25, 0.3) is 0 Å². The Bertz CT molecular complexity index is 729. The molecule has 0 spiro atoms. The summed E-state index contributed by atoms with van der Waals surface area (Å²) in [5, 5.41) is 4.41. The molecule has 0 radical (unpaired) electrons. The molecule has 3 rings (SSSR count). The molecule has 7 nitrogen and oxygen atoms in total. The first-order valence-corrected chi connectivity index (χ1v) is 8.67. The smallest absolute Gasteiger partial charge is 0.227 e. The minimum Gasteiger partial charge on any atom is -0.377 e. The van der Waals surface area contributed by atoms with Gasteiger partial charge in [-0.05, 0) is 26.7 Å². The number of hydrogen-bond donors (Lipinski definition) is 0. The number of aromatic nitrogens is 4. The van der Waals surface area contributed by atoms with Crippen molar-refractivity contribution in [3.8, 4) is 0 Å². The van der Waals surface area contributed by atoms with E-state index in [1.54, 1.807) is 18.6 Å². The third-order valence-corrected chi connectivity index (χ3v) is 4.89. The van der Waals surface area contributed by atoms with Gasteiger partial charge in [-0.2, -0.15) is 5.10 Å². The third-order valence-electron chi connectivity index (χ3n) is 4.89. The second kappa shape index (κ2) is 7.74. The summed E-state index contributed by atoms with van der Waals surface area (Å²) in [4.78, 5) is 23.3. The molecule has 1 aliphatic heterocycles. The van der Waals surface area contributed by atoms with E-state index >= 15 is 0 Å². The van der Waals surface area contributed by atoms with E-state index in [4.69, 9.17) is 4.74 Å². The summed E-state index contributed by atoms with van der Waals surface area (Å²) in [5.41, 5.74) is 3.96. The molecule has 1 atom stereocenters. The van der Waals surface area contributed by atoms with Gasteiger partial charge in [-0.15, -0.1) is 0 Å². The van der Waals surface area contributed by atoms with Crippen LogP contribution in [0.2, 0.25) is 0 Å². The maximum atomic E-state index is 12.9. The third kappa shape index (κ3) is 4.04. The second-order valence-corrected chi connectivity index (χ2v) is 6.50. The van der Waals surface area contributed by atoms with Gasteiger partial charge >= 0.3 is 0 Å². The fourth-order valence-corrected chi connectivity index (χ4v) is 3.32. The second-order valence-electron chi connectivity index (χ2n) is 6.50. The minimum absolute atomic E-state index is 0.0838. The van der Waals surface area contributed by atoms with Gasteiger partial charge in [0.2, 0.25) is 5.91 Å². The van der Waals surface area contributed by atoms with Gasteiger partial charge in [-0.3, -0.25) is 19.4 Å². The molecule has 2 aromatic rings. The van der Waals surface area contributed by atoms with E-state index in [1.807, 2.05) is 30.5 Å². The SMILES string of the molecule is Cc1nn(C)c(C)c1CC(=O)N1CCOC[C@@H]1CCc1cnccn1. The number of rotatable bonds is 5. The van der Waals surface area contributed by atoms with Gasteiger partial charge in [-0.25, -0.2) is 0 Å². The van der Waals surface area contributed by atoms with Gasteiger partial charge in [-0.1, -0.05) is 0 Å². The maximum Gasteiger partial charge on any atom is 0.227 e. The minimum atomic E-state index is 0.0838. The summed E-state index contributed by atoms with van der Waals surface area (Å²) in [6, 6.07) is 0.0838. The fraction of sp³-hybridized carbons (Fsp3) is 0.556. The molecule has 0 N–H and O–H groups in total. The molecule has 0 aromatic carbocycles. The van der Waals surface area contributed by atoms with Crippen molar-refractivity contribution in [3.63, 3.8) is 0 Å². The Balaban J connectivity index is 1.66. The normalized spacial score (nSPS) is 17.7. The number of ether oxygens (including phenoxy) is 1. The Hall–Kier alpha value is -2.28. The molecular weight excluding hydrogens is 318 g/mol. The van der Waals surface area contributed by atoms with Crippen LogP contribution >= 0.6 is 0 Å². The summed E-state index contributed by atoms with van der Waals surface area (Å²) in [6.07, 6.45) is 7.16. The quantitative estimate of drug-likeness (QED) is 0.816. The first kappa shape index (κ1) is 17.5. The highest BCUT2D eigenvalue weighted by Crippen LogP contribution is 2.18. The highest BCUT2D eigenvalue weighted by molar-refractivity contribution is 5.79. The monoisotopic (exact) mass is 343 g/mol. The van der Waals surface area contributed by atoms with Crippen LogP contribution in [0.15, 0.2) is 18.6 Å². The van der Waals surface area contributed by atoms with Crippen molar-refractivity contribution in [1.82, 2.24) is 24.6 Å². The number of amides is 1. The number of aryl methyl sites for hydroxylation is 3. The molecule has 1 aliphatic rings. The standard InChI is InChI=1S/C18H25N5O2/c1-13-17(14(2)22(3)21-13)10-18(24)23-8-9-25-12-16(23)5-4-15-11-19-6-7-20-15/h6-7,11,16H,4-5,8-10,12H2,1-3H3/t16-/m0/s1.